The molecule has 6 nitrogen and oxygen atoms in total. The van der Waals surface area contributed by atoms with E-state index in [2.05, 4.69) is 23.7 Å². The van der Waals surface area contributed by atoms with E-state index in [-0.39, 0.29) is 18.0 Å². The topological polar surface area (TPSA) is 62.7 Å². The standard InChI is InChI=1S/C30H39Cl2N3O3/c1-3-5-8-28(27(4-2)24-7-6-17-33-22-24)30(37)38-26-13-18-35(19-14-26)29(36)23-9-11-25(12-10-23)34(20-15-31)21-16-32/h6-7,9-12,17,22,26H,3-5,8,13-16,18-21H2,1-2H3/b28-27+. The zero-order chi connectivity index (χ0) is 27.3. The van der Waals surface area contributed by atoms with Gasteiger partial charge in [0.05, 0.1) is 0 Å². The number of rotatable bonds is 13. The van der Waals surface area contributed by atoms with E-state index >= 15 is 0 Å². The Labute approximate surface area is 237 Å². The minimum Gasteiger partial charge on any atom is -0.459 e. The number of pyridine rings is 1. The third-order valence-electron chi connectivity index (χ3n) is 6.95. The van der Waals surface area contributed by atoms with Gasteiger partial charge in [0.2, 0.25) is 0 Å². The van der Waals surface area contributed by atoms with Gasteiger partial charge in [-0.1, -0.05) is 26.3 Å². The highest BCUT2D eigenvalue weighted by molar-refractivity contribution is 6.18. The van der Waals surface area contributed by atoms with E-state index < -0.39 is 0 Å². The van der Waals surface area contributed by atoms with Crippen molar-refractivity contribution < 1.29 is 14.3 Å². The Morgan fingerprint density at radius 1 is 1.03 bits per heavy atom. The number of likely N-dealkylation sites (tertiary alicyclic amines) is 1. The molecule has 1 aromatic heterocycles. The molecule has 38 heavy (non-hydrogen) atoms. The second-order valence-corrected chi connectivity index (χ2v) is 10.2. The lowest BCUT2D eigenvalue weighted by Gasteiger charge is -2.32. The molecule has 1 amide bonds. The third kappa shape index (κ3) is 8.21. The number of hydrogen-bond donors (Lipinski definition) is 0. The van der Waals surface area contributed by atoms with Gasteiger partial charge in [-0.3, -0.25) is 9.78 Å². The number of alkyl halides is 2. The monoisotopic (exact) mass is 559 g/mol. The van der Waals surface area contributed by atoms with E-state index in [1.165, 1.54) is 0 Å². The van der Waals surface area contributed by atoms with E-state index in [0.29, 0.717) is 62.8 Å². The van der Waals surface area contributed by atoms with Crippen LogP contribution in [0.4, 0.5) is 5.69 Å². The largest absolute Gasteiger partial charge is 0.459 e. The lowest BCUT2D eigenvalue weighted by atomic mass is 9.95. The van der Waals surface area contributed by atoms with Crippen LogP contribution in [0.1, 0.15) is 68.3 Å². The van der Waals surface area contributed by atoms with Gasteiger partial charge in [-0.25, -0.2) is 4.79 Å². The van der Waals surface area contributed by atoms with Gasteiger partial charge in [0.1, 0.15) is 6.10 Å². The predicted molar refractivity (Wildman–Crippen MR) is 156 cm³/mol. The molecule has 0 saturated carbocycles. The first-order valence-electron chi connectivity index (χ1n) is 13.6. The van der Waals surface area contributed by atoms with Crippen LogP contribution in [0.3, 0.4) is 0 Å². The van der Waals surface area contributed by atoms with E-state index in [9.17, 15) is 9.59 Å². The summed E-state index contributed by atoms with van der Waals surface area (Å²) in [6.07, 6.45) is 7.96. The summed E-state index contributed by atoms with van der Waals surface area (Å²) in [6.45, 7) is 6.69. The number of halogens is 2. The fraction of sp³-hybridized carbons (Fsp3) is 0.500. The number of hydrogen-bond acceptors (Lipinski definition) is 5. The first kappa shape index (κ1) is 30.0. The number of piperidine rings is 1. The molecule has 1 aromatic carbocycles. The van der Waals surface area contributed by atoms with Gasteiger partial charge in [0, 0.05) is 80.0 Å². The number of nitrogens with zero attached hydrogens (tertiary/aromatic N) is 3. The van der Waals surface area contributed by atoms with Gasteiger partial charge >= 0.3 is 5.97 Å². The number of unbranched alkanes of at least 4 members (excludes halogenated alkanes) is 1. The molecule has 8 heteroatoms. The minimum atomic E-state index is -0.238. The normalized spacial score (nSPS) is 14.7. The van der Waals surface area contributed by atoms with Gasteiger partial charge in [-0.05, 0) is 60.7 Å². The molecule has 1 fully saturated rings. The Morgan fingerprint density at radius 3 is 2.26 bits per heavy atom. The highest BCUT2D eigenvalue weighted by atomic mass is 35.5. The van der Waals surface area contributed by atoms with Gasteiger partial charge < -0.3 is 14.5 Å². The molecule has 206 valence electrons. The van der Waals surface area contributed by atoms with E-state index in [4.69, 9.17) is 27.9 Å². The first-order chi connectivity index (χ1) is 18.5. The molecule has 2 heterocycles. The number of allylic oxidation sites excluding steroid dienone is 1. The maximum absolute atomic E-state index is 13.3. The number of aromatic nitrogens is 1. The van der Waals surface area contributed by atoms with Crippen molar-refractivity contribution in [1.82, 2.24) is 9.88 Å². The fourth-order valence-electron chi connectivity index (χ4n) is 4.83. The number of ether oxygens (including phenoxy) is 1. The zero-order valence-electron chi connectivity index (χ0n) is 22.5. The number of carbonyl (C=O) groups is 2. The predicted octanol–water partition coefficient (Wildman–Crippen LogP) is 6.57. The molecule has 2 aromatic rings. The van der Waals surface area contributed by atoms with Crippen LogP contribution in [0.25, 0.3) is 5.57 Å². The van der Waals surface area contributed by atoms with Gasteiger partial charge in [-0.15, -0.1) is 23.2 Å². The highest BCUT2D eigenvalue weighted by Gasteiger charge is 2.27. The van der Waals surface area contributed by atoms with Gasteiger partial charge in [0.15, 0.2) is 0 Å². The molecule has 1 aliphatic heterocycles. The average molecular weight is 561 g/mol. The average Bonchev–Trinajstić information content (AvgIpc) is 2.95. The van der Waals surface area contributed by atoms with Gasteiger partial charge in [0.25, 0.3) is 5.91 Å². The summed E-state index contributed by atoms with van der Waals surface area (Å²) in [5.41, 5.74) is 4.37. The lowest BCUT2D eigenvalue weighted by molar-refractivity contribution is -0.146. The summed E-state index contributed by atoms with van der Waals surface area (Å²) in [5, 5.41) is 0. The van der Waals surface area contributed by atoms with Crippen LogP contribution in [0, 0.1) is 0 Å². The van der Waals surface area contributed by atoms with Crippen molar-refractivity contribution in [2.75, 3.05) is 42.8 Å². The first-order valence-corrected chi connectivity index (χ1v) is 14.7. The highest BCUT2D eigenvalue weighted by Crippen LogP contribution is 2.28. The van der Waals surface area contributed by atoms with Crippen LogP contribution < -0.4 is 4.90 Å². The van der Waals surface area contributed by atoms with E-state index in [0.717, 1.165) is 41.7 Å². The SMILES string of the molecule is CCCC/C(C(=O)OC1CCN(C(=O)c2ccc(N(CCCl)CCCl)cc2)CC1)=C(/CC)c1cccnc1. The lowest BCUT2D eigenvalue weighted by Crippen LogP contribution is -2.41. The maximum Gasteiger partial charge on any atom is 0.334 e. The van der Waals surface area contributed by atoms with Gasteiger partial charge in [-0.2, -0.15) is 0 Å². The van der Waals surface area contributed by atoms with Crippen molar-refractivity contribution in [3.8, 4) is 0 Å². The molecule has 1 aliphatic rings. The van der Waals surface area contributed by atoms with Crippen LogP contribution in [0.15, 0.2) is 54.4 Å². The van der Waals surface area contributed by atoms with Crippen molar-refractivity contribution in [2.45, 2.75) is 58.5 Å². The Balaban J connectivity index is 1.61. The maximum atomic E-state index is 13.3. The molecule has 0 aliphatic carbocycles. The molecule has 1 saturated heterocycles. The molecule has 0 unspecified atom stereocenters. The smallest absolute Gasteiger partial charge is 0.334 e. The van der Waals surface area contributed by atoms with Crippen LogP contribution in [0.5, 0.6) is 0 Å². The van der Waals surface area contributed by atoms with Crippen molar-refractivity contribution >= 4 is 46.3 Å². The Bertz CT molecular complexity index is 1050. The number of benzene rings is 1. The van der Waals surface area contributed by atoms with E-state index in [1.54, 1.807) is 6.20 Å². The molecule has 0 radical (unpaired) electrons. The van der Waals surface area contributed by atoms with Crippen molar-refractivity contribution in [3.63, 3.8) is 0 Å². The summed E-state index contributed by atoms with van der Waals surface area (Å²) in [7, 11) is 0. The Hall–Kier alpha value is -2.57. The molecule has 0 bridgehead atoms. The van der Waals surface area contributed by atoms with Crippen molar-refractivity contribution in [2.24, 2.45) is 0 Å². The van der Waals surface area contributed by atoms with Crippen LogP contribution in [-0.4, -0.2) is 65.8 Å². The summed E-state index contributed by atoms with van der Waals surface area (Å²) >= 11 is 11.8. The molecular formula is C30H39Cl2N3O3. The Morgan fingerprint density at radius 2 is 1.71 bits per heavy atom. The number of carbonyl (C=O) groups excluding carboxylic acids is 2. The third-order valence-corrected chi connectivity index (χ3v) is 7.28. The number of anilines is 1. The van der Waals surface area contributed by atoms with Crippen LogP contribution in [0.2, 0.25) is 0 Å². The summed E-state index contributed by atoms with van der Waals surface area (Å²) in [4.78, 5) is 34.6. The van der Waals surface area contributed by atoms with Crippen LogP contribution >= 0.6 is 23.2 Å². The molecule has 3 rings (SSSR count). The molecule has 0 N–H and O–H groups in total. The van der Waals surface area contributed by atoms with Crippen molar-refractivity contribution in [1.29, 1.82) is 0 Å². The van der Waals surface area contributed by atoms with Crippen LogP contribution in [-0.2, 0) is 9.53 Å². The molecular weight excluding hydrogens is 521 g/mol. The summed E-state index contributed by atoms with van der Waals surface area (Å²) < 4.78 is 5.99. The fourth-order valence-corrected chi connectivity index (χ4v) is 5.24. The summed E-state index contributed by atoms with van der Waals surface area (Å²) in [6, 6.07) is 11.5. The van der Waals surface area contributed by atoms with Crippen molar-refractivity contribution in [3.05, 3.63) is 65.5 Å². The molecule has 0 spiro atoms. The second kappa shape index (κ2) is 15.7. The quantitative estimate of drug-likeness (QED) is 0.158. The Kier molecular flexibility index (Phi) is 12.4. The number of amides is 1. The molecule has 0 atom stereocenters. The number of esters is 1. The summed E-state index contributed by atoms with van der Waals surface area (Å²) in [5.74, 6) is 0.778. The minimum absolute atomic E-state index is 0.00376. The van der Waals surface area contributed by atoms with E-state index in [1.807, 2.05) is 47.5 Å². The second-order valence-electron chi connectivity index (χ2n) is 9.46. The zero-order valence-corrected chi connectivity index (χ0v) is 24.0.